The Kier molecular flexibility index (Phi) is 21.8. The third-order valence-electron chi connectivity index (χ3n) is 17.1. The normalized spacial score (nSPS) is 26.0. The minimum Gasteiger partial charge on any atom is -0.507 e. The molecule has 22 nitrogen and oxygen atoms in total. The van der Waals surface area contributed by atoms with Crippen LogP contribution in [-0.4, -0.2) is 131 Å². The molecule has 6 heterocycles. The SMILES string of the molecule is CO[C@H]1/C=C/O[C@@]2(C)Oc3c(C)c(O)c4c(O)c(c(/C=N/N5CCC(CNCCCCCCCn6cc(CCCn7cc(F)c(=O)[nH]c7=O)nn6)CC5)c(O)c4c3C2=O)NC(=O)/C(C)=C\C=C\[C@H](C)[C@H](C)[C@@H](C)[C@@H](O)[C@@H](C)[C@H](OC(C)=O)[C@@H]1C. The van der Waals surface area contributed by atoms with Gasteiger partial charge in [0.05, 0.1) is 58.8 Å². The van der Waals surface area contributed by atoms with E-state index >= 15 is 0 Å². The van der Waals surface area contributed by atoms with Gasteiger partial charge in [0.2, 0.25) is 5.82 Å². The molecule has 0 radical (unpaired) electrons. The number of hydrogen-bond acceptors (Lipinski definition) is 18. The number of H-pyrrole nitrogens is 1. The first kappa shape index (κ1) is 64.2. The predicted molar refractivity (Wildman–Crippen MR) is 314 cm³/mol. The van der Waals surface area contributed by atoms with E-state index in [1.807, 2.05) is 61.6 Å². The van der Waals surface area contributed by atoms with E-state index in [2.05, 4.69) is 20.9 Å². The Hall–Kier alpha value is -7.37. The van der Waals surface area contributed by atoms with E-state index < -0.39 is 87.9 Å². The maximum atomic E-state index is 14.7. The van der Waals surface area contributed by atoms with Crippen LogP contribution in [0.2, 0.25) is 0 Å². The number of ketones is 1. The number of aryl methyl sites for hydroxylation is 3. The van der Waals surface area contributed by atoms with E-state index in [1.54, 1.807) is 25.2 Å². The number of amides is 1. The molecule has 2 aromatic carbocycles. The van der Waals surface area contributed by atoms with Gasteiger partial charge in [0.15, 0.2) is 5.75 Å². The highest BCUT2D eigenvalue weighted by Crippen LogP contribution is 2.55. The molecule has 1 saturated heterocycles. The van der Waals surface area contributed by atoms with Crippen molar-refractivity contribution in [3.8, 4) is 23.0 Å². The number of ether oxygens (including phenoxy) is 4. The lowest BCUT2D eigenvalue weighted by molar-refractivity contribution is -0.159. The maximum absolute atomic E-state index is 14.7. The standard InChI is InChI=1S/C61H84FN9O13/c1-34-18-16-19-35(2)58(78)65-50-44(31-64-70-27-21-42(22-28-70)30-63-24-14-12-11-13-15-26-71-32-43(67-68-71)20-17-25-69-33-45(62)59(79)66-60(69)80)53(75)47-48(54(50)76)52(74)40(7)56-49(47)57(77)61(9,84-56)82-29-23-46(81-10)38(5)55(83-41(8)72)39(6)51(73)37(4)36(34)3/h16,18-19,23,29,31-34,36-39,42,46,51,55,63,73-76H,11-15,17,20-22,24-28,30H2,1-10H3,(H,65,78)(H,66,79,80)/b18-16+,29-23+,35-19-,64-31+/t34-,36-,37+,38+,39+,46-,51+,55+,61-/m0/s1. The molecule has 0 aliphatic carbocycles. The van der Waals surface area contributed by atoms with Crippen LogP contribution in [0.15, 0.2) is 63.2 Å². The largest absolute Gasteiger partial charge is 0.507 e. The van der Waals surface area contributed by atoms with Crippen molar-refractivity contribution in [2.24, 2.45) is 40.6 Å². The van der Waals surface area contributed by atoms with E-state index in [-0.39, 0.29) is 68.8 Å². The van der Waals surface area contributed by atoms with Crippen LogP contribution >= 0.6 is 0 Å². The molecule has 8 rings (SSSR count). The number of Topliss-reactive ketones (excluding diaryl/α,β-unsaturated/α-hetero) is 1. The molecule has 4 aliphatic rings. The summed E-state index contributed by atoms with van der Waals surface area (Å²) in [5.74, 6) is -7.89. The number of anilines is 1. The molecule has 0 spiro atoms. The summed E-state index contributed by atoms with van der Waals surface area (Å²) in [6, 6.07) is 0. The number of carbonyl (C=O) groups is 3. The van der Waals surface area contributed by atoms with Crippen LogP contribution in [0.25, 0.3) is 10.8 Å². The molecule has 0 unspecified atom stereocenters. The van der Waals surface area contributed by atoms with E-state index in [1.165, 1.54) is 40.4 Å². The van der Waals surface area contributed by atoms with Gasteiger partial charge in [-0.05, 0) is 95.2 Å². The summed E-state index contributed by atoms with van der Waals surface area (Å²) < 4.78 is 40.5. The third-order valence-corrected chi connectivity index (χ3v) is 17.1. The number of aromatic nitrogens is 5. The van der Waals surface area contributed by atoms with Gasteiger partial charge < -0.3 is 50.0 Å². The molecule has 7 N–H and O–H groups in total. The molecule has 1 fully saturated rings. The summed E-state index contributed by atoms with van der Waals surface area (Å²) in [6.45, 7) is 19.2. The van der Waals surface area contributed by atoms with Crippen LogP contribution in [0.4, 0.5) is 10.1 Å². The number of esters is 1. The minimum atomic E-state index is -2.05. The van der Waals surface area contributed by atoms with Crippen LogP contribution in [0.1, 0.15) is 134 Å². The van der Waals surface area contributed by atoms with Gasteiger partial charge in [-0.3, -0.25) is 38.4 Å². The number of hydrazone groups is 1. The summed E-state index contributed by atoms with van der Waals surface area (Å²) in [4.78, 5) is 66.4. The fourth-order valence-electron chi connectivity index (χ4n) is 11.4. The minimum absolute atomic E-state index is 0.0585. The van der Waals surface area contributed by atoms with Crippen molar-refractivity contribution in [2.75, 3.05) is 38.6 Å². The monoisotopic (exact) mass is 1170 g/mol. The van der Waals surface area contributed by atoms with Gasteiger partial charge in [-0.25, -0.2) is 4.79 Å². The van der Waals surface area contributed by atoms with Gasteiger partial charge in [-0.2, -0.15) is 9.49 Å². The second-order valence-electron chi connectivity index (χ2n) is 23.1. The van der Waals surface area contributed by atoms with Crippen LogP contribution < -0.4 is 26.6 Å². The molecule has 0 saturated carbocycles. The number of aliphatic hydroxyl groups is 1. The summed E-state index contributed by atoms with van der Waals surface area (Å²) in [5.41, 5.74) is -1.15. The summed E-state index contributed by atoms with van der Waals surface area (Å²) in [6.07, 6.45) is 17.6. The number of aromatic amines is 1. The Morgan fingerprint density at radius 3 is 2.35 bits per heavy atom. The average molecular weight is 1170 g/mol. The summed E-state index contributed by atoms with van der Waals surface area (Å²) >= 11 is 0. The number of nitrogens with one attached hydrogen (secondary N) is 3. The van der Waals surface area contributed by atoms with Crippen molar-refractivity contribution < 1.29 is 58.1 Å². The van der Waals surface area contributed by atoms with E-state index in [0.29, 0.717) is 31.8 Å². The van der Waals surface area contributed by atoms with E-state index in [4.69, 9.17) is 24.0 Å². The highest BCUT2D eigenvalue weighted by molar-refractivity contribution is 6.23. The number of nitrogens with zero attached hydrogens (tertiary/aromatic N) is 6. The molecule has 4 aromatic rings. The van der Waals surface area contributed by atoms with Crippen LogP contribution in [0.3, 0.4) is 0 Å². The number of aromatic hydroxyl groups is 3. The number of phenolic OH excluding ortho intramolecular Hbond substituents is 3. The maximum Gasteiger partial charge on any atom is 0.328 e. The number of piperidine rings is 1. The van der Waals surface area contributed by atoms with Crippen molar-refractivity contribution in [3.63, 3.8) is 0 Å². The Balaban J connectivity index is 1.01. The lowest BCUT2D eigenvalue weighted by atomic mass is 9.75. The molecule has 84 heavy (non-hydrogen) atoms. The molecular formula is C61H84FN9O13. The van der Waals surface area contributed by atoms with Gasteiger partial charge in [-0.1, -0.05) is 77.3 Å². The van der Waals surface area contributed by atoms with E-state index in [0.717, 1.165) is 81.0 Å². The topological polar surface area (TPSA) is 294 Å². The fraction of sp³-hybridized carbons (Fsp3) is 0.574. The Morgan fingerprint density at radius 1 is 0.917 bits per heavy atom. The zero-order valence-corrected chi connectivity index (χ0v) is 49.9. The average Bonchev–Trinajstić information content (AvgIpc) is 1.49. The van der Waals surface area contributed by atoms with Crippen LogP contribution in [0.5, 0.6) is 23.0 Å². The second kappa shape index (κ2) is 28.5. The third kappa shape index (κ3) is 14.9. The number of hydrogen-bond donors (Lipinski definition) is 7. The highest BCUT2D eigenvalue weighted by Gasteiger charge is 2.50. The smallest absolute Gasteiger partial charge is 0.328 e. The van der Waals surface area contributed by atoms with Gasteiger partial charge in [0.25, 0.3) is 17.2 Å². The Bertz CT molecular complexity index is 3250. The molecule has 1 amide bonds. The van der Waals surface area contributed by atoms with Crippen molar-refractivity contribution in [3.05, 3.63) is 97.6 Å². The molecule has 23 heteroatoms. The molecule has 4 aliphatic heterocycles. The first-order chi connectivity index (χ1) is 40.0. The highest BCUT2D eigenvalue weighted by atomic mass is 19.1. The number of fused-ring (bicyclic) bond motifs is 14. The molecule has 458 valence electrons. The first-order valence-electron chi connectivity index (χ1n) is 29.2. The molecular weight excluding hydrogens is 1090 g/mol. The molecule has 9 atom stereocenters. The number of unbranched alkanes of at least 4 members (excludes halogenated alkanes) is 4. The van der Waals surface area contributed by atoms with E-state index in [9.17, 15) is 48.8 Å². The lowest BCUT2D eigenvalue weighted by Crippen LogP contribution is -2.45. The van der Waals surface area contributed by atoms with Crippen molar-refractivity contribution in [2.45, 2.75) is 157 Å². The second-order valence-corrected chi connectivity index (χ2v) is 23.1. The quantitative estimate of drug-likeness (QED) is 0.0166. The Morgan fingerprint density at radius 2 is 1.63 bits per heavy atom. The number of allylic oxidation sites excluding steroid dienone is 3. The number of aliphatic hydroxyl groups excluding tert-OH is 1. The number of phenols is 3. The number of halogens is 1. The van der Waals surface area contributed by atoms with Crippen molar-refractivity contribution >= 4 is 40.3 Å². The number of methoxy groups -OCH3 is 1. The zero-order chi connectivity index (χ0) is 61.2. The van der Waals surface area contributed by atoms with Crippen molar-refractivity contribution in [1.29, 1.82) is 0 Å². The van der Waals surface area contributed by atoms with Gasteiger partial charge in [0, 0.05) is 81.7 Å². The van der Waals surface area contributed by atoms with Gasteiger partial charge >= 0.3 is 17.4 Å². The summed E-state index contributed by atoms with van der Waals surface area (Å²) in [7, 11) is 1.47. The van der Waals surface area contributed by atoms with Crippen LogP contribution in [-0.2, 0) is 43.3 Å². The van der Waals surface area contributed by atoms with Gasteiger partial charge in [-0.15, -0.1) is 5.10 Å². The molecule has 2 aromatic heterocycles. The lowest BCUT2D eigenvalue weighted by Gasteiger charge is -2.38. The molecule has 5 bridgehead atoms. The number of carbonyl (C=O) groups excluding carboxylic acids is 3. The number of benzene rings is 2. The zero-order valence-electron chi connectivity index (χ0n) is 49.9. The fourth-order valence-corrected chi connectivity index (χ4v) is 11.4. The Labute approximate surface area is 488 Å². The van der Waals surface area contributed by atoms with Crippen LogP contribution in [0, 0.1) is 48.2 Å². The first-order valence-corrected chi connectivity index (χ1v) is 29.2. The van der Waals surface area contributed by atoms with Crippen molar-refractivity contribution in [1.82, 2.24) is 34.9 Å². The summed E-state index contributed by atoms with van der Waals surface area (Å²) in [5, 5.41) is 69.0. The predicted octanol–water partition coefficient (Wildman–Crippen LogP) is 7.53. The number of rotatable bonds is 18. The van der Waals surface area contributed by atoms with Gasteiger partial charge in [0.1, 0.15) is 23.4 Å².